The van der Waals surface area contributed by atoms with Crippen molar-refractivity contribution < 1.29 is 4.52 Å². The van der Waals surface area contributed by atoms with E-state index in [9.17, 15) is 0 Å². The van der Waals surface area contributed by atoms with Crippen molar-refractivity contribution in [1.29, 1.82) is 0 Å². The van der Waals surface area contributed by atoms with Gasteiger partial charge < -0.3 is 9.51 Å². The van der Waals surface area contributed by atoms with Crippen LogP contribution in [0.25, 0.3) is 23.1 Å². The number of hydrogen-bond acceptors (Lipinski definition) is 2. The van der Waals surface area contributed by atoms with Crippen LogP contribution >= 0.6 is 0 Å². The topological polar surface area (TPSA) is 41.8 Å². The molecule has 3 nitrogen and oxygen atoms in total. The van der Waals surface area contributed by atoms with Crippen LogP contribution in [-0.4, -0.2) is 10.1 Å². The molecule has 2 aromatic heterocycles. The van der Waals surface area contributed by atoms with Gasteiger partial charge in [-0.3, -0.25) is 0 Å². The van der Waals surface area contributed by atoms with Gasteiger partial charge in [0, 0.05) is 17.3 Å². The Bertz CT molecular complexity index is 587. The molecule has 0 unspecified atom stereocenters. The summed E-state index contributed by atoms with van der Waals surface area (Å²) in [4.78, 5) is 3.31. The largest absolute Gasteiger partial charge is 0.364 e. The maximum Gasteiger partial charge on any atom is 0.124 e. The van der Waals surface area contributed by atoms with Crippen LogP contribution in [0.2, 0.25) is 0 Å². The lowest BCUT2D eigenvalue weighted by Gasteiger charge is -1.84. The molecule has 0 aliphatic rings. The monoisotopic (exact) mass is 210 g/mol. The van der Waals surface area contributed by atoms with E-state index in [-0.39, 0.29) is 0 Å². The van der Waals surface area contributed by atoms with Gasteiger partial charge in [-0.25, -0.2) is 0 Å². The van der Waals surface area contributed by atoms with Crippen molar-refractivity contribution >= 4 is 23.1 Å². The molecule has 0 saturated heterocycles. The Hall–Kier alpha value is -2.29. The summed E-state index contributed by atoms with van der Waals surface area (Å²) in [7, 11) is 0. The van der Waals surface area contributed by atoms with Crippen molar-refractivity contribution in [3.8, 4) is 0 Å². The van der Waals surface area contributed by atoms with E-state index in [2.05, 4.69) is 28.3 Å². The van der Waals surface area contributed by atoms with Gasteiger partial charge in [0.15, 0.2) is 0 Å². The first kappa shape index (κ1) is 8.97. The molecule has 3 rings (SSSR count). The molecular formula is C13H10N2O. The normalized spacial score (nSPS) is 11.5. The number of benzene rings is 1. The molecule has 0 aliphatic carbocycles. The minimum atomic E-state index is 0.818. The lowest BCUT2D eigenvalue weighted by Crippen LogP contribution is -1.70. The lowest BCUT2D eigenvalue weighted by molar-refractivity contribution is 0.418. The van der Waals surface area contributed by atoms with Gasteiger partial charge in [0.25, 0.3) is 0 Å². The van der Waals surface area contributed by atoms with Crippen LogP contribution in [0.4, 0.5) is 0 Å². The third kappa shape index (κ3) is 1.63. The molecule has 0 saturated carbocycles. The first-order valence-corrected chi connectivity index (χ1v) is 5.08. The number of nitrogens with zero attached hydrogens (tertiary/aromatic N) is 1. The summed E-state index contributed by atoms with van der Waals surface area (Å²) in [6.07, 6.45) is 5.46. The van der Waals surface area contributed by atoms with Crippen LogP contribution in [0.5, 0.6) is 0 Å². The summed E-state index contributed by atoms with van der Waals surface area (Å²) in [6, 6.07) is 12.1. The van der Waals surface area contributed by atoms with Crippen molar-refractivity contribution in [2.24, 2.45) is 0 Å². The molecule has 0 fully saturated rings. The van der Waals surface area contributed by atoms with Crippen LogP contribution in [-0.2, 0) is 0 Å². The van der Waals surface area contributed by atoms with Gasteiger partial charge in [0.05, 0.1) is 0 Å². The quantitative estimate of drug-likeness (QED) is 0.704. The van der Waals surface area contributed by atoms with Crippen LogP contribution in [0.1, 0.15) is 11.4 Å². The second-order valence-electron chi connectivity index (χ2n) is 3.57. The van der Waals surface area contributed by atoms with Crippen molar-refractivity contribution in [3.05, 3.63) is 54.0 Å². The minimum absolute atomic E-state index is 0.818. The Balaban J connectivity index is 1.95. The van der Waals surface area contributed by atoms with E-state index in [1.54, 1.807) is 6.26 Å². The number of aromatic nitrogens is 2. The zero-order valence-electron chi connectivity index (χ0n) is 8.55. The van der Waals surface area contributed by atoms with Crippen molar-refractivity contribution in [1.82, 2.24) is 10.1 Å². The molecule has 2 heterocycles. The molecular weight excluding hydrogens is 200 g/mol. The van der Waals surface area contributed by atoms with E-state index in [1.807, 2.05) is 30.4 Å². The van der Waals surface area contributed by atoms with E-state index < -0.39 is 0 Å². The Labute approximate surface area is 92.4 Å². The number of para-hydroxylation sites is 1. The van der Waals surface area contributed by atoms with Gasteiger partial charge in [0.1, 0.15) is 12.0 Å². The highest BCUT2D eigenvalue weighted by molar-refractivity contribution is 5.84. The predicted molar refractivity (Wildman–Crippen MR) is 63.7 cm³/mol. The third-order valence-electron chi connectivity index (χ3n) is 2.44. The third-order valence-corrected chi connectivity index (χ3v) is 2.44. The first-order chi connectivity index (χ1) is 7.92. The molecule has 1 N–H and O–H groups in total. The summed E-state index contributed by atoms with van der Waals surface area (Å²) in [5.41, 5.74) is 3.02. The number of H-pyrrole nitrogens is 1. The Morgan fingerprint density at radius 1 is 1.12 bits per heavy atom. The number of aromatic amines is 1. The molecule has 0 amide bonds. The highest BCUT2D eigenvalue weighted by atomic mass is 16.5. The maximum atomic E-state index is 4.75. The highest BCUT2D eigenvalue weighted by Gasteiger charge is 1.96. The number of nitrogens with one attached hydrogen (secondary N) is 1. The van der Waals surface area contributed by atoms with Gasteiger partial charge in [-0.05, 0) is 29.7 Å². The zero-order valence-corrected chi connectivity index (χ0v) is 8.55. The van der Waals surface area contributed by atoms with E-state index in [4.69, 9.17) is 4.52 Å². The SMILES string of the molecule is C(=C\c1cc2ccccc2[nH]1)/c1ccon1. The smallest absolute Gasteiger partial charge is 0.124 e. The molecule has 3 heteroatoms. The molecule has 78 valence electrons. The fraction of sp³-hybridized carbons (Fsp3) is 0. The average Bonchev–Trinajstić information content (AvgIpc) is 2.95. The summed E-state index contributed by atoms with van der Waals surface area (Å²) in [6.45, 7) is 0. The second-order valence-corrected chi connectivity index (χ2v) is 3.57. The number of hydrogen-bond donors (Lipinski definition) is 1. The van der Waals surface area contributed by atoms with Gasteiger partial charge in [-0.2, -0.15) is 0 Å². The predicted octanol–water partition coefficient (Wildman–Crippen LogP) is 3.33. The summed E-state index contributed by atoms with van der Waals surface area (Å²) in [5.74, 6) is 0. The van der Waals surface area contributed by atoms with E-state index in [0.717, 1.165) is 16.9 Å². The molecule has 3 aromatic rings. The lowest BCUT2D eigenvalue weighted by atomic mass is 10.2. The molecule has 1 aromatic carbocycles. The van der Waals surface area contributed by atoms with Crippen molar-refractivity contribution in [2.45, 2.75) is 0 Å². The van der Waals surface area contributed by atoms with Crippen LogP contribution in [0, 0.1) is 0 Å². The van der Waals surface area contributed by atoms with Crippen LogP contribution < -0.4 is 0 Å². The summed E-state index contributed by atoms with van der Waals surface area (Å²) < 4.78 is 4.75. The summed E-state index contributed by atoms with van der Waals surface area (Å²) in [5, 5.41) is 5.02. The Kier molecular flexibility index (Phi) is 2.07. The molecule has 16 heavy (non-hydrogen) atoms. The molecule has 0 atom stereocenters. The Morgan fingerprint density at radius 2 is 2.06 bits per heavy atom. The summed E-state index contributed by atoms with van der Waals surface area (Å²) >= 11 is 0. The first-order valence-electron chi connectivity index (χ1n) is 5.08. The highest BCUT2D eigenvalue weighted by Crippen LogP contribution is 2.16. The van der Waals surface area contributed by atoms with Crippen LogP contribution in [0.15, 0.2) is 47.2 Å². The van der Waals surface area contributed by atoms with E-state index >= 15 is 0 Å². The second kappa shape index (κ2) is 3.70. The molecule has 0 radical (unpaired) electrons. The minimum Gasteiger partial charge on any atom is -0.364 e. The molecule has 0 aliphatic heterocycles. The van der Waals surface area contributed by atoms with Gasteiger partial charge in [-0.1, -0.05) is 23.4 Å². The standard InChI is InChI=1S/C13H10N2O/c1-2-4-13-10(3-1)9-12(14-13)6-5-11-7-8-16-15-11/h1-9,14H/b6-5+. The number of rotatable bonds is 2. The van der Waals surface area contributed by atoms with E-state index in [0.29, 0.717) is 0 Å². The van der Waals surface area contributed by atoms with Crippen LogP contribution in [0.3, 0.4) is 0 Å². The fourth-order valence-corrected chi connectivity index (χ4v) is 1.67. The number of fused-ring (bicyclic) bond motifs is 1. The van der Waals surface area contributed by atoms with Crippen molar-refractivity contribution in [2.75, 3.05) is 0 Å². The molecule has 0 bridgehead atoms. The van der Waals surface area contributed by atoms with E-state index in [1.165, 1.54) is 5.39 Å². The zero-order chi connectivity index (χ0) is 10.8. The fourth-order valence-electron chi connectivity index (χ4n) is 1.67. The maximum absolute atomic E-state index is 4.75. The van der Waals surface area contributed by atoms with Gasteiger partial charge >= 0.3 is 0 Å². The van der Waals surface area contributed by atoms with Crippen molar-refractivity contribution in [3.63, 3.8) is 0 Å². The average molecular weight is 210 g/mol. The van der Waals surface area contributed by atoms with Gasteiger partial charge in [0.2, 0.25) is 0 Å². The molecule has 0 spiro atoms. The van der Waals surface area contributed by atoms with Gasteiger partial charge in [-0.15, -0.1) is 0 Å². The Morgan fingerprint density at radius 3 is 2.88 bits per heavy atom.